The predicted molar refractivity (Wildman–Crippen MR) is 72.6 cm³/mol. The summed E-state index contributed by atoms with van der Waals surface area (Å²) in [5.41, 5.74) is 1.77. The Bertz CT molecular complexity index is 622. The van der Waals surface area contributed by atoms with Gasteiger partial charge < -0.3 is 0 Å². The highest BCUT2D eigenvalue weighted by Gasteiger charge is 2.10. The lowest BCUT2D eigenvalue weighted by molar-refractivity contribution is 0.637. The van der Waals surface area contributed by atoms with Crippen LogP contribution in [0.15, 0.2) is 30.6 Å². The maximum atomic E-state index is 4.57. The summed E-state index contributed by atoms with van der Waals surface area (Å²) >= 11 is 1.65. The van der Waals surface area contributed by atoms with Crippen LogP contribution in [0.2, 0.25) is 0 Å². The summed E-state index contributed by atoms with van der Waals surface area (Å²) in [6, 6.07) is 5.83. The second-order valence-electron chi connectivity index (χ2n) is 4.66. The SMILES string of the molecule is CC(C)Cc1nn2cc(-c3ccccn3)nc2s1. The first-order chi connectivity index (χ1) is 8.72. The largest absolute Gasteiger partial charge is 0.255 e. The molecule has 5 heteroatoms. The summed E-state index contributed by atoms with van der Waals surface area (Å²) in [4.78, 5) is 9.80. The standard InChI is InChI=1S/C13H14N4S/c1-9(2)7-12-16-17-8-11(15-13(17)18-12)10-5-3-4-6-14-10/h3-6,8-9H,7H2,1-2H3. The fourth-order valence-corrected chi connectivity index (χ4v) is 2.90. The Balaban J connectivity index is 1.96. The third-order valence-corrected chi connectivity index (χ3v) is 3.54. The number of pyridine rings is 1. The lowest BCUT2D eigenvalue weighted by atomic mass is 10.1. The maximum Gasteiger partial charge on any atom is 0.212 e. The van der Waals surface area contributed by atoms with Crippen LogP contribution in [0.25, 0.3) is 16.3 Å². The van der Waals surface area contributed by atoms with Gasteiger partial charge in [0.05, 0.1) is 11.9 Å². The van der Waals surface area contributed by atoms with Crippen LogP contribution < -0.4 is 0 Å². The quantitative estimate of drug-likeness (QED) is 0.725. The molecule has 0 fully saturated rings. The first-order valence-corrected chi connectivity index (χ1v) is 6.80. The van der Waals surface area contributed by atoms with Gasteiger partial charge in [0.2, 0.25) is 4.96 Å². The van der Waals surface area contributed by atoms with Crippen LogP contribution in [-0.4, -0.2) is 19.6 Å². The summed E-state index contributed by atoms with van der Waals surface area (Å²) in [7, 11) is 0. The van der Waals surface area contributed by atoms with E-state index in [4.69, 9.17) is 0 Å². The van der Waals surface area contributed by atoms with Gasteiger partial charge in [0.25, 0.3) is 0 Å². The molecule has 0 radical (unpaired) electrons. The van der Waals surface area contributed by atoms with E-state index >= 15 is 0 Å². The minimum Gasteiger partial charge on any atom is -0.255 e. The highest BCUT2D eigenvalue weighted by atomic mass is 32.1. The Labute approximate surface area is 109 Å². The average molecular weight is 258 g/mol. The van der Waals surface area contributed by atoms with Crippen LogP contribution in [0.1, 0.15) is 18.9 Å². The Morgan fingerprint density at radius 2 is 2.17 bits per heavy atom. The van der Waals surface area contributed by atoms with E-state index < -0.39 is 0 Å². The topological polar surface area (TPSA) is 43.1 Å². The molecule has 0 aromatic carbocycles. The number of hydrogen-bond acceptors (Lipinski definition) is 4. The lowest BCUT2D eigenvalue weighted by Crippen LogP contribution is -1.94. The number of rotatable bonds is 3. The molecule has 3 rings (SSSR count). The molecule has 0 bridgehead atoms. The van der Waals surface area contributed by atoms with Crippen molar-refractivity contribution in [1.29, 1.82) is 0 Å². The third-order valence-electron chi connectivity index (χ3n) is 2.60. The van der Waals surface area contributed by atoms with Gasteiger partial charge in [-0.3, -0.25) is 4.98 Å². The van der Waals surface area contributed by atoms with Crippen molar-refractivity contribution in [2.45, 2.75) is 20.3 Å². The third kappa shape index (κ3) is 2.13. The van der Waals surface area contributed by atoms with E-state index in [1.807, 2.05) is 28.9 Å². The summed E-state index contributed by atoms with van der Waals surface area (Å²) in [5.74, 6) is 0.621. The van der Waals surface area contributed by atoms with Crippen LogP contribution in [0.5, 0.6) is 0 Å². The summed E-state index contributed by atoms with van der Waals surface area (Å²) < 4.78 is 1.85. The zero-order chi connectivity index (χ0) is 12.5. The zero-order valence-electron chi connectivity index (χ0n) is 10.4. The van der Waals surface area contributed by atoms with Crippen molar-refractivity contribution in [2.75, 3.05) is 0 Å². The monoisotopic (exact) mass is 258 g/mol. The van der Waals surface area contributed by atoms with Crippen molar-refractivity contribution in [3.63, 3.8) is 0 Å². The van der Waals surface area contributed by atoms with E-state index in [1.165, 1.54) is 0 Å². The molecule has 0 saturated carbocycles. The van der Waals surface area contributed by atoms with Gasteiger partial charge in [0.15, 0.2) is 0 Å². The van der Waals surface area contributed by atoms with E-state index in [9.17, 15) is 0 Å². The number of fused-ring (bicyclic) bond motifs is 1. The number of hydrogen-bond donors (Lipinski definition) is 0. The number of aromatic nitrogens is 4. The molecule has 0 unspecified atom stereocenters. The lowest BCUT2D eigenvalue weighted by Gasteiger charge is -1.97. The van der Waals surface area contributed by atoms with Crippen molar-refractivity contribution >= 4 is 16.3 Å². The molecule has 3 aromatic rings. The Hall–Kier alpha value is -1.75. The molecule has 0 N–H and O–H groups in total. The molecule has 0 aliphatic rings. The average Bonchev–Trinajstić information content (AvgIpc) is 2.87. The van der Waals surface area contributed by atoms with Crippen molar-refractivity contribution in [2.24, 2.45) is 5.92 Å². The van der Waals surface area contributed by atoms with Gasteiger partial charge in [-0.2, -0.15) is 5.10 Å². The van der Waals surface area contributed by atoms with Crippen LogP contribution in [-0.2, 0) is 6.42 Å². The fraction of sp³-hybridized carbons (Fsp3) is 0.308. The van der Waals surface area contributed by atoms with Crippen LogP contribution in [0.4, 0.5) is 0 Å². The van der Waals surface area contributed by atoms with Gasteiger partial charge >= 0.3 is 0 Å². The second-order valence-corrected chi connectivity index (χ2v) is 5.70. The summed E-state index contributed by atoms with van der Waals surface area (Å²) in [6.45, 7) is 4.40. The van der Waals surface area contributed by atoms with Gasteiger partial charge in [-0.05, 0) is 18.1 Å². The van der Waals surface area contributed by atoms with Crippen molar-refractivity contribution in [3.05, 3.63) is 35.6 Å². The second kappa shape index (κ2) is 4.49. The van der Waals surface area contributed by atoms with E-state index in [2.05, 4.69) is 28.9 Å². The van der Waals surface area contributed by atoms with Gasteiger partial charge in [0, 0.05) is 12.6 Å². The summed E-state index contributed by atoms with van der Waals surface area (Å²) in [6.07, 6.45) is 4.73. The summed E-state index contributed by atoms with van der Waals surface area (Å²) in [5, 5.41) is 5.68. The van der Waals surface area contributed by atoms with Gasteiger partial charge in [0.1, 0.15) is 10.7 Å². The molecule has 0 saturated heterocycles. The Morgan fingerprint density at radius 3 is 2.83 bits per heavy atom. The van der Waals surface area contributed by atoms with Gasteiger partial charge in [-0.25, -0.2) is 9.50 Å². The number of imidazole rings is 1. The molecule has 3 heterocycles. The molecule has 0 spiro atoms. The molecule has 18 heavy (non-hydrogen) atoms. The first kappa shape index (κ1) is 11.3. The predicted octanol–water partition coefficient (Wildman–Crippen LogP) is 3.05. The smallest absolute Gasteiger partial charge is 0.212 e. The van der Waals surface area contributed by atoms with Crippen LogP contribution in [0, 0.1) is 5.92 Å². The maximum absolute atomic E-state index is 4.57. The molecular formula is C13H14N4S. The Kier molecular flexibility index (Phi) is 2.83. The minimum atomic E-state index is 0.621. The van der Waals surface area contributed by atoms with E-state index in [0.717, 1.165) is 27.8 Å². The zero-order valence-corrected chi connectivity index (χ0v) is 11.2. The molecule has 0 atom stereocenters. The highest BCUT2D eigenvalue weighted by Crippen LogP contribution is 2.21. The molecule has 92 valence electrons. The van der Waals surface area contributed by atoms with Crippen LogP contribution >= 0.6 is 11.3 Å². The molecule has 0 amide bonds. The molecule has 4 nitrogen and oxygen atoms in total. The minimum absolute atomic E-state index is 0.621. The van der Waals surface area contributed by atoms with Crippen molar-refractivity contribution in [1.82, 2.24) is 19.6 Å². The van der Waals surface area contributed by atoms with E-state index in [-0.39, 0.29) is 0 Å². The van der Waals surface area contributed by atoms with Crippen LogP contribution in [0.3, 0.4) is 0 Å². The van der Waals surface area contributed by atoms with E-state index in [1.54, 1.807) is 17.5 Å². The van der Waals surface area contributed by atoms with E-state index in [0.29, 0.717) is 5.92 Å². The fourth-order valence-electron chi connectivity index (χ4n) is 1.81. The highest BCUT2D eigenvalue weighted by molar-refractivity contribution is 7.16. The molecule has 0 aliphatic carbocycles. The normalized spacial score (nSPS) is 11.5. The Morgan fingerprint density at radius 1 is 1.28 bits per heavy atom. The number of nitrogens with zero attached hydrogens (tertiary/aromatic N) is 4. The van der Waals surface area contributed by atoms with Gasteiger partial charge in [-0.1, -0.05) is 31.3 Å². The van der Waals surface area contributed by atoms with Crippen molar-refractivity contribution < 1.29 is 0 Å². The van der Waals surface area contributed by atoms with Gasteiger partial charge in [-0.15, -0.1) is 0 Å². The van der Waals surface area contributed by atoms with Crippen molar-refractivity contribution in [3.8, 4) is 11.4 Å². The molecule has 0 aliphatic heterocycles. The molecule has 3 aromatic heterocycles. The molecular weight excluding hydrogens is 244 g/mol. The first-order valence-electron chi connectivity index (χ1n) is 5.99.